The van der Waals surface area contributed by atoms with Crippen LogP contribution in [0, 0.1) is 6.92 Å². The van der Waals surface area contributed by atoms with E-state index in [9.17, 15) is 13.2 Å². The van der Waals surface area contributed by atoms with Crippen molar-refractivity contribution in [3.8, 4) is 0 Å². The summed E-state index contributed by atoms with van der Waals surface area (Å²) in [5, 5.41) is 2.93. The van der Waals surface area contributed by atoms with E-state index in [1.54, 1.807) is 12.1 Å². The van der Waals surface area contributed by atoms with Crippen molar-refractivity contribution in [3.05, 3.63) is 29.8 Å². The van der Waals surface area contributed by atoms with Crippen molar-refractivity contribution in [3.63, 3.8) is 0 Å². The number of aryl methyl sites for hydroxylation is 1. The molecule has 0 spiro atoms. The second-order valence-electron chi connectivity index (χ2n) is 6.03. The molecule has 0 saturated heterocycles. The molecule has 0 fully saturated rings. The zero-order valence-electron chi connectivity index (χ0n) is 14.5. The molecule has 0 aliphatic carbocycles. The van der Waals surface area contributed by atoms with Crippen LogP contribution in [0.15, 0.2) is 24.3 Å². The average molecular weight is 340 g/mol. The number of hydrogen-bond donors (Lipinski definition) is 1. The number of nitrogens with zero attached hydrogens (tertiary/aromatic N) is 1. The van der Waals surface area contributed by atoms with E-state index in [1.165, 1.54) is 10.6 Å². The molecule has 0 bridgehead atoms. The lowest BCUT2D eigenvalue weighted by Gasteiger charge is -2.22. The highest BCUT2D eigenvalue weighted by molar-refractivity contribution is 7.92. The SMILES string of the molecule is CCC[C@H](C)NC(=O)CCCN(c1ccc(C)cc1)S(C)(=O)=O. The smallest absolute Gasteiger partial charge is 0.232 e. The van der Waals surface area contributed by atoms with Crippen molar-refractivity contribution in [1.82, 2.24) is 5.32 Å². The Bertz CT molecular complexity index is 597. The van der Waals surface area contributed by atoms with Crippen LogP contribution in [0.1, 0.15) is 45.1 Å². The zero-order chi connectivity index (χ0) is 17.5. The van der Waals surface area contributed by atoms with E-state index >= 15 is 0 Å². The second kappa shape index (κ2) is 8.91. The van der Waals surface area contributed by atoms with E-state index in [0.29, 0.717) is 25.1 Å². The highest BCUT2D eigenvalue weighted by Crippen LogP contribution is 2.18. The lowest BCUT2D eigenvalue weighted by Crippen LogP contribution is -2.34. The lowest BCUT2D eigenvalue weighted by molar-refractivity contribution is -0.121. The van der Waals surface area contributed by atoms with Crippen molar-refractivity contribution in [2.24, 2.45) is 0 Å². The van der Waals surface area contributed by atoms with Crippen LogP contribution in [0.3, 0.4) is 0 Å². The molecule has 0 aliphatic heterocycles. The van der Waals surface area contributed by atoms with Gasteiger partial charge in [-0.05, 0) is 38.8 Å². The third-order valence-corrected chi connectivity index (χ3v) is 4.81. The fraction of sp³-hybridized carbons (Fsp3) is 0.588. The first-order chi connectivity index (χ1) is 10.7. The summed E-state index contributed by atoms with van der Waals surface area (Å²) in [5.41, 5.74) is 1.71. The molecule has 1 atom stereocenters. The predicted molar refractivity (Wildman–Crippen MR) is 95.1 cm³/mol. The number of rotatable bonds is 9. The summed E-state index contributed by atoms with van der Waals surface area (Å²) in [6, 6.07) is 7.51. The Kier molecular flexibility index (Phi) is 7.55. The van der Waals surface area contributed by atoms with Crippen LogP contribution in [-0.2, 0) is 14.8 Å². The van der Waals surface area contributed by atoms with Crippen LogP contribution in [0.25, 0.3) is 0 Å². The van der Waals surface area contributed by atoms with Gasteiger partial charge in [-0.2, -0.15) is 0 Å². The Hall–Kier alpha value is -1.56. The summed E-state index contributed by atoms with van der Waals surface area (Å²) in [7, 11) is -3.36. The number of nitrogens with one attached hydrogen (secondary N) is 1. The van der Waals surface area contributed by atoms with Gasteiger partial charge in [0.2, 0.25) is 15.9 Å². The third kappa shape index (κ3) is 7.03. The zero-order valence-corrected chi connectivity index (χ0v) is 15.3. The Balaban J connectivity index is 2.60. The van der Waals surface area contributed by atoms with Crippen LogP contribution in [0.4, 0.5) is 5.69 Å². The van der Waals surface area contributed by atoms with Crippen LogP contribution in [-0.4, -0.2) is 33.2 Å². The van der Waals surface area contributed by atoms with Crippen molar-refractivity contribution in [1.29, 1.82) is 0 Å². The molecule has 1 N–H and O–H groups in total. The third-order valence-electron chi connectivity index (χ3n) is 3.62. The fourth-order valence-corrected chi connectivity index (χ4v) is 3.40. The summed E-state index contributed by atoms with van der Waals surface area (Å²) >= 11 is 0. The summed E-state index contributed by atoms with van der Waals surface area (Å²) in [4.78, 5) is 11.9. The first-order valence-corrected chi connectivity index (χ1v) is 9.92. The Labute approximate surface area is 140 Å². The van der Waals surface area contributed by atoms with Gasteiger partial charge in [0.15, 0.2) is 0 Å². The van der Waals surface area contributed by atoms with Crippen molar-refractivity contribution < 1.29 is 13.2 Å². The van der Waals surface area contributed by atoms with E-state index in [1.807, 2.05) is 26.0 Å². The van der Waals surface area contributed by atoms with Crippen LogP contribution < -0.4 is 9.62 Å². The molecule has 5 nitrogen and oxygen atoms in total. The average Bonchev–Trinajstić information content (AvgIpc) is 2.44. The molecular formula is C17H28N2O3S. The molecule has 0 unspecified atom stereocenters. The number of amides is 1. The minimum absolute atomic E-state index is 0.0247. The Morgan fingerprint density at radius 3 is 2.39 bits per heavy atom. The highest BCUT2D eigenvalue weighted by atomic mass is 32.2. The molecular weight excluding hydrogens is 312 g/mol. The largest absolute Gasteiger partial charge is 0.354 e. The Morgan fingerprint density at radius 2 is 1.87 bits per heavy atom. The first kappa shape index (κ1) is 19.5. The number of carbonyl (C=O) groups is 1. The topological polar surface area (TPSA) is 66.5 Å². The first-order valence-electron chi connectivity index (χ1n) is 8.07. The summed E-state index contributed by atoms with van der Waals surface area (Å²) < 4.78 is 25.3. The molecule has 6 heteroatoms. The fourth-order valence-electron chi connectivity index (χ4n) is 2.43. The molecule has 0 aliphatic rings. The number of carbonyl (C=O) groups excluding carboxylic acids is 1. The normalized spacial score (nSPS) is 12.7. The van der Waals surface area contributed by atoms with E-state index in [0.717, 1.165) is 18.4 Å². The van der Waals surface area contributed by atoms with Crippen molar-refractivity contribution in [2.45, 2.75) is 52.5 Å². The van der Waals surface area contributed by atoms with Crippen molar-refractivity contribution >= 4 is 21.6 Å². The predicted octanol–water partition coefficient (Wildman–Crippen LogP) is 2.85. The van der Waals surface area contributed by atoms with Gasteiger partial charge >= 0.3 is 0 Å². The molecule has 1 amide bonds. The molecule has 1 aromatic carbocycles. The maximum Gasteiger partial charge on any atom is 0.232 e. The molecule has 0 radical (unpaired) electrons. The number of anilines is 1. The van der Waals surface area contributed by atoms with Gasteiger partial charge < -0.3 is 5.32 Å². The van der Waals surface area contributed by atoms with Crippen LogP contribution in [0.5, 0.6) is 0 Å². The van der Waals surface area contributed by atoms with Crippen LogP contribution in [0.2, 0.25) is 0 Å². The number of benzene rings is 1. The highest BCUT2D eigenvalue weighted by Gasteiger charge is 2.17. The van der Waals surface area contributed by atoms with Gasteiger partial charge in [0.05, 0.1) is 11.9 Å². The maximum atomic E-state index is 12.0. The number of hydrogen-bond acceptors (Lipinski definition) is 3. The van der Waals surface area contributed by atoms with E-state index < -0.39 is 10.0 Å². The van der Waals surface area contributed by atoms with E-state index in [4.69, 9.17) is 0 Å². The second-order valence-corrected chi connectivity index (χ2v) is 7.94. The van der Waals surface area contributed by atoms with Crippen molar-refractivity contribution in [2.75, 3.05) is 17.1 Å². The van der Waals surface area contributed by atoms with Gasteiger partial charge in [-0.1, -0.05) is 31.0 Å². The van der Waals surface area contributed by atoms with E-state index in [2.05, 4.69) is 12.2 Å². The Morgan fingerprint density at radius 1 is 1.26 bits per heavy atom. The van der Waals surface area contributed by atoms with Gasteiger partial charge in [-0.3, -0.25) is 9.10 Å². The van der Waals surface area contributed by atoms with Gasteiger partial charge in [0.25, 0.3) is 0 Å². The minimum atomic E-state index is -3.36. The van der Waals surface area contributed by atoms with Gasteiger partial charge in [-0.15, -0.1) is 0 Å². The lowest BCUT2D eigenvalue weighted by atomic mass is 10.2. The minimum Gasteiger partial charge on any atom is -0.354 e. The van der Waals surface area contributed by atoms with E-state index in [-0.39, 0.29) is 11.9 Å². The van der Waals surface area contributed by atoms with Gasteiger partial charge in [0.1, 0.15) is 0 Å². The summed E-state index contributed by atoms with van der Waals surface area (Å²) in [6.07, 6.45) is 3.98. The summed E-state index contributed by atoms with van der Waals surface area (Å²) in [5.74, 6) is -0.0247. The van der Waals surface area contributed by atoms with Gasteiger partial charge in [0, 0.05) is 19.0 Å². The molecule has 0 heterocycles. The maximum absolute atomic E-state index is 12.0. The molecule has 23 heavy (non-hydrogen) atoms. The molecule has 0 saturated carbocycles. The molecule has 0 aromatic heterocycles. The van der Waals surface area contributed by atoms with Gasteiger partial charge in [-0.25, -0.2) is 8.42 Å². The summed E-state index contributed by atoms with van der Waals surface area (Å²) in [6.45, 7) is 6.32. The quantitative estimate of drug-likeness (QED) is 0.752. The molecule has 1 rings (SSSR count). The number of sulfonamides is 1. The standard InChI is InChI=1S/C17H28N2O3S/c1-5-7-15(3)18-17(20)8-6-13-19(23(4,21)22)16-11-9-14(2)10-12-16/h9-12,15H,5-8,13H2,1-4H3,(H,18,20)/t15-/m0/s1. The molecule has 1 aromatic rings. The van der Waals surface area contributed by atoms with Crippen LogP contribution >= 0.6 is 0 Å². The molecule has 130 valence electrons. The monoisotopic (exact) mass is 340 g/mol.